The lowest BCUT2D eigenvalue weighted by molar-refractivity contribution is -0.140. The monoisotopic (exact) mass is 627 g/mol. The lowest BCUT2D eigenvalue weighted by Gasteiger charge is -2.14. The molecular formula is C12H10I3N2O4. The molecule has 1 rings (SSSR count). The Kier molecular flexibility index (Phi) is 7.59. The van der Waals surface area contributed by atoms with Gasteiger partial charge in [0.15, 0.2) is 0 Å². The van der Waals surface area contributed by atoms with E-state index in [1.807, 2.05) is 74.1 Å². The number of carbonyl (C=O) groups is 2. The average molecular weight is 627 g/mol. The highest BCUT2D eigenvalue weighted by Crippen LogP contribution is 2.32. The summed E-state index contributed by atoms with van der Waals surface area (Å²) in [4.78, 5) is 33.9. The van der Waals surface area contributed by atoms with Crippen LogP contribution in [0.4, 0.5) is 5.69 Å². The number of carbonyl (C=O) groups excluding carboxylic acids is 3. The van der Waals surface area contributed by atoms with Crippen molar-refractivity contribution < 1.29 is 19.1 Å². The summed E-state index contributed by atoms with van der Waals surface area (Å²) in [5.74, 6) is -0.791. The molecule has 1 radical (unpaired) electrons. The summed E-state index contributed by atoms with van der Waals surface area (Å²) in [5.41, 5.74) is 6.89. The zero-order chi connectivity index (χ0) is 16.2. The molecule has 0 saturated heterocycles. The number of esters is 1. The summed E-state index contributed by atoms with van der Waals surface area (Å²) in [6, 6.07) is 0. The molecule has 0 saturated carbocycles. The molecule has 0 aliphatic carbocycles. The van der Waals surface area contributed by atoms with E-state index < -0.39 is 5.97 Å². The number of ether oxygens (including phenoxy) is 1. The summed E-state index contributed by atoms with van der Waals surface area (Å²) in [5, 5.41) is 2.62. The fourth-order valence-corrected chi connectivity index (χ4v) is 5.30. The summed E-state index contributed by atoms with van der Waals surface area (Å²) in [6.07, 6.45) is 1.81. The number of nitrogens with one attached hydrogen (secondary N) is 1. The molecule has 1 aromatic carbocycles. The third-order valence-electron chi connectivity index (χ3n) is 2.37. The van der Waals surface area contributed by atoms with Crippen LogP contribution < -0.4 is 11.1 Å². The van der Waals surface area contributed by atoms with Crippen LogP contribution in [0.1, 0.15) is 22.8 Å². The Morgan fingerprint density at radius 1 is 1.24 bits per heavy atom. The highest BCUT2D eigenvalue weighted by Gasteiger charge is 2.23. The van der Waals surface area contributed by atoms with E-state index in [0.717, 1.165) is 0 Å². The van der Waals surface area contributed by atoms with Gasteiger partial charge >= 0.3 is 5.97 Å². The molecule has 0 unspecified atom stereocenters. The molecule has 1 amide bonds. The lowest BCUT2D eigenvalue weighted by Crippen LogP contribution is -2.30. The van der Waals surface area contributed by atoms with Gasteiger partial charge in [0.05, 0.1) is 26.9 Å². The minimum Gasteiger partial charge on any atom is -0.464 e. The summed E-state index contributed by atoms with van der Waals surface area (Å²) in [7, 11) is 0. The zero-order valence-electron chi connectivity index (χ0n) is 10.8. The molecule has 1 aromatic rings. The Morgan fingerprint density at radius 2 is 1.86 bits per heavy atom. The summed E-state index contributed by atoms with van der Waals surface area (Å²) in [6.45, 7) is 1.55. The van der Waals surface area contributed by atoms with E-state index in [1.54, 1.807) is 0 Å². The van der Waals surface area contributed by atoms with Crippen LogP contribution in [0.3, 0.4) is 0 Å². The van der Waals surface area contributed by atoms with Crippen molar-refractivity contribution in [2.45, 2.75) is 6.92 Å². The smallest absolute Gasteiger partial charge is 0.302 e. The molecule has 0 atom stereocenters. The zero-order valence-corrected chi connectivity index (χ0v) is 17.2. The first-order chi connectivity index (χ1) is 9.81. The average Bonchev–Trinajstić information content (AvgIpc) is 2.42. The first-order valence-corrected chi connectivity index (χ1v) is 8.80. The van der Waals surface area contributed by atoms with Crippen molar-refractivity contribution in [3.05, 3.63) is 21.8 Å². The Morgan fingerprint density at radius 3 is 2.38 bits per heavy atom. The van der Waals surface area contributed by atoms with Gasteiger partial charge in [-0.15, -0.1) is 0 Å². The maximum absolute atomic E-state index is 12.2. The van der Waals surface area contributed by atoms with Crippen LogP contribution in [0.2, 0.25) is 0 Å². The van der Waals surface area contributed by atoms with E-state index in [-0.39, 0.29) is 24.6 Å². The molecule has 0 aliphatic heterocycles. The lowest BCUT2D eigenvalue weighted by atomic mass is 10.1. The highest BCUT2D eigenvalue weighted by atomic mass is 127. The number of nitrogens with two attached hydrogens (primary N) is 1. The summed E-state index contributed by atoms with van der Waals surface area (Å²) < 4.78 is 6.38. The molecule has 0 heterocycles. The van der Waals surface area contributed by atoms with Crippen molar-refractivity contribution >= 4 is 91.6 Å². The quantitative estimate of drug-likeness (QED) is 0.225. The molecule has 0 bridgehead atoms. The number of rotatable bonds is 5. The van der Waals surface area contributed by atoms with Crippen molar-refractivity contribution in [1.82, 2.24) is 5.32 Å². The summed E-state index contributed by atoms with van der Waals surface area (Å²) >= 11 is 5.84. The molecule has 6 nitrogen and oxygen atoms in total. The van der Waals surface area contributed by atoms with Crippen molar-refractivity contribution in [2.75, 3.05) is 18.9 Å². The third-order valence-corrected chi connectivity index (χ3v) is 5.69. The number of benzene rings is 1. The van der Waals surface area contributed by atoms with Gasteiger partial charge < -0.3 is 15.8 Å². The van der Waals surface area contributed by atoms with Crippen LogP contribution >= 0.6 is 67.8 Å². The molecule has 0 spiro atoms. The normalized spacial score (nSPS) is 10.1. The number of hydrogen-bond donors (Lipinski definition) is 2. The number of anilines is 1. The first kappa shape index (κ1) is 18.9. The number of hydrogen-bond acceptors (Lipinski definition) is 5. The highest BCUT2D eigenvalue weighted by molar-refractivity contribution is 14.1. The van der Waals surface area contributed by atoms with Gasteiger partial charge in [0.2, 0.25) is 6.29 Å². The second kappa shape index (κ2) is 8.45. The minimum absolute atomic E-state index is 0.0841. The van der Waals surface area contributed by atoms with E-state index in [9.17, 15) is 14.4 Å². The SMILES string of the molecule is CC(=O)OCCNC(=O)c1c(I)c(N)c(I)c([C]=O)c1I. The van der Waals surface area contributed by atoms with E-state index in [4.69, 9.17) is 10.5 Å². The van der Waals surface area contributed by atoms with Crippen molar-refractivity contribution in [2.24, 2.45) is 0 Å². The Hall–Kier alpha value is -0.180. The maximum atomic E-state index is 12.2. The van der Waals surface area contributed by atoms with Gasteiger partial charge in [-0.05, 0) is 67.8 Å². The molecule has 0 aliphatic rings. The van der Waals surface area contributed by atoms with Gasteiger partial charge in [0.1, 0.15) is 6.61 Å². The fourth-order valence-electron chi connectivity index (χ4n) is 1.42. The molecule has 0 fully saturated rings. The van der Waals surface area contributed by atoms with Gasteiger partial charge in [0.25, 0.3) is 5.91 Å². The van der Waals surface area contributed by atoms with Gasteiger partial charge in [0, 0.05) is 14.1 Å². The Labute approximate surface area is 162 Å². The predicted octanol–water partition coefficient (Wildman–Crippen LogP) is 1.83. The second-order valence-electron chi connectivity index (χ2n) is 3.80. The van der Waals surface area contributed by atoms with E-state index in [2.05, 4.69) is 5.32 Å². The topological polar surface area (TPSA) is 98.5 Å². The Balaban J connectivity index is 3.02. The minimum atomic E-state index is -0.412. The molecule has 9 heteroatoms. The van der Waals surface area contributed by atoms with Crippen molar-refractivity contribution in [3.63, 3.8) is 0 Å². The standard InChI is InChI=1S/C12H10I3N2O4/c1-5(19)21-3-2-17-12(20)7-8(13)6(4-18)9(14)11(16)10(7)15/h2-3,16H2,1H3,(H,17,20). The van der Waals surface area contributed by atoms with Gasteiger partial charge in [-0.2, -0.15) is 0 Å². The van der Waals surface area contributed by atoms with Crippen LogP contribution in [0.25, 0.3) is 0 Å². The van der Waals surface area contributed by atoms with Crippen molar-refractivity contribution in [1.29, 1.82) is 0 Å². The van der Waals surface area contributed by atoms with Crippen molar-refractivity contribution in [3.8, 4) is 0 Å². The molecule has 3 N–H and O–H groups in total. The van der Waals surface area contributed by atoms with Crippen LogP contribution in [0.5, 0.6) is 0 Å². The van der Waals surface area contributed by atoms with Gasteiger partial charge in [-0.1, -0.05) is 0 Å². The molecule has 0 aromatic heterocycles. The number of amides is 1. The molecule has 113 valence electrons. The van der Waals surface area contributed by atoms with Crippen LogP contribution in [0.15, 0.2) is 0 Å². The van der Waals surface area contributed by atoms with E-state index in [0.29, 0.717) is 22.0 Å². The van der Waals surface area contributed by atoms with Gasteiger partial charge in [-0.3, -0.25) is 14.4 Å². The van der Waals surface area contributed by atoms with Crippen LogP contribution in [0, 0.1) is 10.7 Å². The fraction of sp³-hybridized carbons (Fsp3) is 0.250. The molecular weight excluding hydrogens is 617 g/mol. The Bertz CT molecular complexity index is 605. The van der Waals surface area contributed by atoms with E-state index in [1.165, 1.54) is 6.92 Å². The number of nitrogen functional groups attached to an aromatic ring is 1. The maximum Gasteiger partial charge on any atom is 0.302 e. The second-order valence-corrected chi connectivity index (χ2v) is 7.04. The number of halogens is 3. The largest absolute Gasteiger partial charge is 0.464 e. The van der Waals surface area contributed by atoms with Crippen LogP contribution in [-0.2, 0) is 14.3 Å². The van der Waals surface area contributed by atoms with E-state index >= 15 is 0 Å². The first-order valence-electron chi connectivity index (χ1n) is 5.56. The molecule has 21 heavy (non-hydrogen) atoms. The van der Waals surface area contributed by atoms with Crippen LogP contribution in [-0.4, -0.2) is 31.3 Å². The van der Waals surface area contributed by atoms with Gasteiger partial charge in [-0.25, -0.2) is 0 Å². The third kappa shape index (κ3) is 4.64. The predicted molar refractivity (Wildman–Crippen MR) is 103 cm³/mol.